The van der Waals surface area contributed by atoms with E-state index in [1.54, 1.807) is 12.1 Å². The Morgan fingerprint density at radius 3 is 2.71 bits per heavy atom. The Morgan fingerprint density at radius 1 is 1.08 bits per heavy atom. The fourth-order valence-electron chi connectivity index (χ4n) is 2.32. The van der Waals surface area contributed by atoms with Crippen LogP contribution in [0.1, 0.15) is 22.8 Å². The highest BCUT2D eigenvalue weighted by atomic mass is 16.3. The van der Waals surface area contributed by atoms with E-state index in [-0.39, 0.29) is 17.6 Å². The van der Waals surface area contributed by atoms with E-state index in [0.717, 1.165) is 16.9 Å². The molecule has 0 saturated carbocycles. The zero-order chi connectivity index (χ0) is 16.8. The molecule has 0 fully saturated rings. The van der Waals surface area contributed by atoms with Gasteiger partial charge in [0, 0.05) is 25.9 Å². The summed E-state index contributed by atoms with van der Waals surface area (Å²) in [6.07, 6.45) is 2.32. The Bertz CT molecular complexity index is 790. The third kappa shape index (κ3) is 4.01. The number of nitrogens with one attached hydrogen (secondary N) is 3. The maximum Gasteiger partial charge on any atom is 0.287 e. The topological polar surface area (TPSA) is 100 Å². The summed E-state index contributed by atoms with van der Waals surface area (Å²) in [7, 11) is 0. The standard InChI is InChI=1S/C17H18N4O3/c22-16(18-9-10-19-17(23)14-6-3-11-24-14)8-7-15-20-12-4-1-2-5-13(12)21-15/h1-6,11H,7-10H2,(H,18,22)(H,19,23)(H,20,21). The predicted octanol–water partition coefficient (Wildman–Crippen LogP) is 1.63. The molecule has 0 bridgehead atoms. The zero-order valence-electron chi connectivity index (χ0n) is 13.0. The third-order valence-corrected chi connectivity index (χ3v) is 3.50. The number of amides is 2. The second-order valence-corrected chi connectivity index (χ2v) is 5.28. The van der Waals surface area contributed by atoms with Gasteiger partial charge in [-0.05, 0) is 24.3 Å². The number of hydrogen-bond donors (Lipinski definition) is 3. The Morgan fingerprint density at radius 2 is 1.92 bits per heavy atom. The highest BCUT2D eigenvalue weighted by Crippen LogP contribution is 2.11. The highest BCUT2D eigenvalue weighted by molar-refractivity contribution is 5.91. The van der Waals surface area contributed by atoms with Crippen molar-refractivity contribution in [2.45, 2.75) is 12.8 Å². The maximum absolute atomic E-state index is 11.8. The Labute approximate surface area is 138 Å². The number of aromatic amines is 1. The molecule has 2 aromatic heterocycles. The number of aryl methyl sites for hydroxylation is 1. The summed E-state index contributed by atoms with van der Waals surface area (Å²) < 4.78 is 4.98. The summed E-state index contributed by atoms with van der Waals surface area (Å²) >= 11 is 0. The molecule has 7 nitrogen and oxygen atoms in total. The van der Waals surface area contributed by atoms with Crippen LogP contribution in [0.25, 0.3) is 11.0 Å². The lowest BCUT2D eigenvalue weighted by atomic mass is 10.3. The molecule has 0 saturated heterocycles. The minimum atomic E-state index is -0.295. The molecule has 2 heterocycles. The van der Waals surface area contributed by atoms with Crippen LogP contribution in [-0.4, -0.2) is 34.9 Å². The average Bonchev–Trinajstić information content (AvgIpc) is 3.25. The summed E-state index contributed by atoms with van der Waals surface area (Å²) in [5, 5.41) is 5.43. The molecule has 3 N–H and O–H groups in total. The molecule has 3 aromatic rings. The largest absolute Gasteiger partial charge is 0.459 e. The summed E-state index contributed by atoms with van der Waals surface area (Å²) in [5.74, 6) is 0.669. The maximum atomic E-state index is 11.8. The summed E-state index contributed by atoms with van der Waals surface area (Å²) in [6, 6.07) is 11.0. The van der Waals surface area contributed by atoms with Gasteiger partial charge in [-0.3, -0.25) is 9.59 Å². The second-order valence-electron chi connectivity index (χ2n) is 5.28. The molecule has 2 amide bonds. The van der Waals surface area contributed by atoms with Crippen molar-refractivity contribution in [2.75, 3.05) is 13.1 Å². The SMILES string of the molecule is O=C(CCc1nc2ccccc2[nH]1)NCCNC(=O)c1ccco1. The van der Waals surface area contributed by atoms with Crippen molar-refractivity contribution in [3.8, 4) is 0 Å². The first kappa shape index (κ1) is 15.8. The van der Waals surface area contributed by atoms with E-state index >= 15 is 0 Å². The van der Waals surface area contributed by atoms with Gasteiger partial charge in [-0.2, -0.15) is 0 Å². The van der Waals surface area contributed by atoms with E-state index in [1.807, 2.05) is 24.3 Å². The molecule has 0 atom stereocenters. The molecular weight excluding hydrogens is 308 g/mol. The lowest BCUT2D eigenvalue weighted by Gasteiger charge is -2.05. The van der Waals surface area contributed by atoms with E-state index in [2.05, 4.69) is 20.6 Å². The van der Waals surface area contributed by atoms with Crippen LogP contribution in [0.15, 0.2) is 47.1 Å². The monoisotopic (exact) mass is 326 g/mol. The summed E-state index contributed by atoms with van der Waals surface area (Å²) in [6.45, 7) is 0.710. The molecule has 0 aliphatic carbocycles. The third-order valence-electron chi connectivity index (χ3n) is 3.50. The van der Waals surface area contributed by atoms with Crippen molar-refractivity contribution in [1.82, 2.24) is 20.6 Å². The van der Waals surface area contributed by atoms with Gasteiger partial charge in [-0.25, -0.2) is 4.98 Å². The highest BCUT2D eigenvalue weighted by Gasteiger charge is 2.08. The zero-order valence-corrected chi connectivity index (χ0v) is 13.0. The van der Waals surface area contributed by atoms with Crippen molar-refractivity contribution in [2.24, 2.45) is 0 Å². The predicted molar refractivity (Wildman–Crippen MR) is 88.5 cm³/mol. The minimum Gasteiger partial charge on any atom is -0.459 e. The van der Waals surface area contributed by atoms with E-state index in [0.29, 0.717) is 25.9 Å². The molecule has 124 valence electrons. The molecule has 1 aromatic carbocycles. The number of nitrogens with zero attached hydrogens (tertiary/aromatic N) is 1. The van der Waals surface area contributed by atoms with Gasteiger partial charge in [-0.1, -0.05) is 12.1 Å². The number of rotatable bonds is 7. The molecule has 0 radical (unpaired) electrons. The molecule has 3 rings (SSSR count). The van der Waals surface area contributed by atoms with Gasteiger partial charge in [0.05, 0.1) is 17.3 Å². The lowest BCUT2D eigenvalue weighted by Crippen LogP contribution is -2.34. The number of benzene rings is 1. The second kappa shape index (κ2) is 7.45. The molecule has 0 aliphatic rings. The number of carbonyl (C=O) groups excluding carboxylic acids is 2. The fraction of sp³-hybridized carbons (Fsp3) is 0.235. The van der Waals surface area contributed by atoms with Crippen molar-refractivity contribution >= 4 is 22.8 Å². The number of aromatic nitrogens is 2. The van der Waals surface area contributed by atoms with Crippen LogP contribution >= 0.6 is 0 Å². The van der Waals surface area contributed by atoms with Gasteiger partial charge < -0.3 is 20.0 Å². The van der Waals surface area contributed by atoms with Gasteiger partial charge in [0.25, 0.3) is 5.91 Å². The number of hydrogen-bond acceptors (Lipinski definition) is 4. The van der Waals surface area contributed by atoms with E-state index in [1.165, 1.54) is 6.26 Å². The van der Waals surface area contributed by atoms with Crippen molar-refractivity contribution in [3.63, 3.8) is 0 Å². The lowest BCUT2D eigenvalue weighted by molar-refractivity contribution is -0.121. The van der Waals surface area contributed by atoms with Crippen molar-refractivity contribution in [1.29, 1.82) is 0 Å². The Hall–Kier alpha value is -3.09. The van der Waals surface area contributed by atoms with Crippen LogP contribution in [-0.2, 0) is 11.2 Å². The molecule has 24 heavy (non-hydrogen) atoms. The first-order chi connectivity index (χ1) is 11.7. The Kier molecular flexibility index (Phi) is 4.90. The molecule has 0 unspecified atom stereocenters. The van der Waals surface area contributed by atoms with Crippen LogP contribution < -0.4 is 10.6 Å². The first-order valence-electron chi connectivity index (χ1n) is 7.74. The average molecular weight is 326 g/mol. The van der Waals surface area contributed by atoms with Gasteiger partial charge in [0.2, 0.25) is 5.91 Å². The van der Waals surface area contributed by atoms with Crippen LogP contribution in [0.3, 0.4) is 0 Å². The van der Waals surface area contributed by atoms with Crippen molar-refractivity contribution < 1.29 is 14.0 Å². The van der Waals surface area contributed by atoms with E-state index in [9.17, 15) is 9.59 Å². The van der Waals surface area contributed by atoms with Crippen molar-refractivity contribution in [3.05, 3.63) is 54.2 Å². The smallest absolute Gasteiger partial charge is 0.287 e. The normalized spacial score (nSPS) is 10.7. The van der Waals surface area contributed by atoms with Crippen LogP contribution in [0.4, 0.5) is 0 Å². The number of para-hydroxylation sites is 2. The molecule has 7 heteroatoms. The number of imidazole rings is 1. The minimum absolute atomic E-state index is 0.0808. The van der Waals surface area contributed by atoms with E-state index in [4.69, 9.17) is 4.42 Å². The fourth-order valence-corrected chi connectivity index (χ4v) is 2.32. The molecule has 0 spiro atoms. The van der Waals surface area contributed by atoms with Crippen LogP contribution in [0.5, 0.6) is 0 Å². The number of furan rings is 1. The van der Waals surface area contributed by atoms with Gasteiger partial charge in [0.1, 0.15) is 5.82 Å². The first-order valence-corrected chi connectivity index (χ1v) is 7.74. The Balaban J connectivity index is 1.36. The van der Waals surface area contributed by atoms with E-state index < -0.39 is 0 Å². The number of H-pyrrole nitrogens is 1. The van der Waals surface area contributed by atoms with Crippen LogP contribution in [0, 0.1) is 0 Å². The summed E-state index contributed by atoms with van der Waals surface area (Å²) in [4.78, 5) is 31.1. The van der Waals surface area contributed by atoms with Crippen LogP contribution in [0.2, 0.25) is 0 Å². The molecular formula is C17H18N4O3. The number of carbonyl (C=O) groups is 2. The van der Waals surface area contributed by atoms with Gasteiger partial charge in [-0.15, -0.1) is 0 Å². The quantitative estimate of drug-likeness (QED) is 0.575. The molecule has 0 aliphatic heterocycles. The number of fused-ring (bicyclic) bond motifs is 1. The van der Waals surface area contributed by atoms with Gasteiger partial charge >= 0.3 is 0 Å². The summed E-state index contributed by atoms with van der Waals surface area (Å²) in [5.41, 5.74) is 1.86. The van der Waals surface area contributed by atoms with Gasteiger partial charge in [0.15, 0.2) is 5.76 Å².